The number of hydrogen-bond donors (Lipinski definition) is 2. The van der Waals surface area contributed by atoms with Crippen LogP contribution in [0.25, 0.3) is 0 Å². The first kappa shape index (κ1) is 19.4. The molecule has 2 saturated heterocycles. The van der Waals surface area contributed by atoms with E-state index in [9.17, 15) is 14.4 Å². The zero-order valence-corrected chi connectivity index (χ0v) is 16.2. The van der Waals surface area contributed by atoms with E-state index in [4.69, 9.17) is 5.73 Å². The molecule has 3 N–H and O–H groups in total. The lowest BCUT2D eigenvalue weighted by atomic mass is 9.91. The Morgan fingerprint density at radius 3 is 2.41 bits per heavy atom. The molecule has 4 amide bonds. The Morgan fingerprint density at radius 2 is 1.85 bits per heavy atom. The van der Waals surface area contributed by atoms with Crippen molar-refractivity contribution in [3.05, 3.63) is 35.4 Å². The number of aryl methyl sites for hydroxylation is 1. The summed E-state index contributed by atoms with van der Waals surface area (Å²) >= 11 is 0. The molecule has 2 heterocycles. The van der Waals surface area contributed by atoms with E-state index in [1.54, 1.807) is 11.8 Å². The van der Waals surface area contributed by atoms with E-state index < -0.39 is 17.5 Å². The van der Waals surface area contributed by atoms with E-state index in [0.29, 0.717) is 24.6 Å². The van der Waals surface area contributed by atoms with Crippen molar-refractivity contribution in [2.24, 2.45) is 11.7 Å². The summed E-state index contributed by atoms with van der Waals surface area (Å²) in [6, 6.07) is 7.05. The molecule has 27 heavy (non-hydrogen) atoms. The number of benzene rings is 1. The Labute approximate surface area is 159 Å². The molecule has 1 aromatic carbocycles. The minimum Gasteiger partial charge on any atom is -0.341 e. The van der Waals surface area contributed by atoms with Crippen molar-refractivity contribution in [1.29, 1.82) is 0 Å². The smallest absolute Gasteiger partial charge is 0.325 e. The lowest BCUT2D eigenvalue weighted by molar-refractivity contribution is -0.139. The molecule has 0 aliphatic carbocycles. The summed E-state index contributed by atoms with van der Waals surface area (Å²) in [6.07, 6.45) is 1.70. The van der Waals surface area contributed by atoms with Gasteiger partial charge in [0.05, 0.1) is 0 Å². The maximum Gasteiger partial charge on any atom is 0.325 e. The zero-order valence-electron chi connectivity index (χ0n) is 16.2. The standard InChI is InChI=1S/C20H28N4O3/c1-13-4-6-16(7-5-13)20(3)18(26)24(19(27)22-20)12-17(25)23-10-8-15(9-11-23)14(2)21/h4-7,14-15H,8-12,21H2,1-3H3,(H,22,27). The van der Waals surface area contributed by atoms with Gasteiger partial charge in [0.1, 0.15) is 12.1 Å². The highest BCUT2D eigenvalue weighted by molar-refractivity contribution is 6.09. The quantitative estimate of drug-likeness (QED) is 0.780. The van der Waals surface area contributed by atoms with Crippen LogP contribution < -0.4 is 11.1 Å². The van der Waals surface area contributed by atoms with Gasteiger partial charge >= 0.3 is 6.03 Å². The Bertz CT molecular complexity index is 738. The number of carbonyl (C=O) groups is 3. The second-order valence-electron chi connectivity index (χ2n) is 7.89. The first-order valence-electron chi connectivity index (χ1n) is 9.47. The van der Waals surface area contributed by atoms with Crippen molar-refractivity contribution in [2.75, 3.05) is 19.6 Å². The Morgan fingerprint density at radius 1 is 1.26 bits per heavy atom. The molecule has 0 bridgehead atoms. The van der Waals surface area contributed by atoms with Crippen molar-refractivity contribution < 1.29 is 14.4 Å². The van der Waals surface area contributed by atoms with Crippen LogP contribution in [-0.4, -0.2) is 53.3 Å². The molecular formula is C20H28N4O3. The molecule has 1 aromatic rings. The maximum atomic E-state index is 12.9. The van der Waals surface area contributed by atoms with Crippen LogP contribution in [0, 0.1) is 12.8 Å². The van der Waals surface area contributed by atoms with Gasteiger partial charge in [-0.2, -0.15) is 0 Å². The molecule has 2 fully saturated rings. The number of hydrogen-bond acceptors (Lipinski definition) is 4. The molecule has 0 saturated carbocycles. The van der Waals surface area contributed by atoms with Crippen LogP contribution >= 0.6 is 0 Å². The summed E-state index contributed by atoms with van der Waals surface area (Å²) < 4.78 is 0. The summed E-state index contributed by atoms with van der Waals surface area (Å²) in [5, 5.41) is 2.75. The molecule has 0 spiro atoms. The molecule has 2 aliphatic heterocycles. The molecule has 0 aromatic heterocycles. The average Bonchev–Trinajstić information content (AvgIpc) is 2.86. The van der Waals surface area contributed by atoms with E-state index in [1.807, 2.05) is 38.1 Å². The summed E-state index contributed by atoms with van der Waals surface area (Å²) in [5.41, 5.74) is 6.57. The minimum absolute atomic E-state index is 0.114. The van der Waals surface area contributed by atoms with Crippen molar-refractivity contribution in [3.63, 3.8) is 0 Å². The lowest BCUT2D eigenvalue weighted by Crippen LogP contribution is -2.48. The number of carbonyl (C=O) groups excluding carboxylic acids is 3. The third kappa shape index (κ3) is 3.69. The summed E-state index contributed by atoms with van der Waals surface area (Å²) in [4.78, 5) is 40.7. The van der Waals surface area contributed by atoms with Gasteiger partial charge < -0.3 is 16.0 Å². The number of nitrogens with two attached hydrogens (primary N) is 1. The molecule has 2 aliphatic rings. The molecular weight excluding hydrogens is 344 g/mol. The monoisotopic (exact) mass is 372 g/mol. The van der Waals surface area contributed by atoms with E-state index in [-0.39, 0.29) is 18.5 Å². The number of nitrogens with zero attached hydrogens (tertiary/aromatic N) is 2. The van der Waals surface area contributed by atoms with Crippen molar-refractivity contribution >= 4 is 17.8 Å². The van der Waals surface area contributed by atoms with Gasteiger partial charge in [0.15, 0.2) is 0 Å². The SMILES string of the molecule is Cc1ccc(C2(C)NC(=O)N(CC(=O)N3CCC(C(C)N)CC3)C2=O)cc1. The first-order valence-corrected chi connectivity index (χ1v) is 9.47. The summed E-state index contributed by atoms with van der Waals surface area (Å²) in [6.45, 7) is 6.63. The second kappa shape index (κ2) is 7.31. The van der Waals surface area contributed by atoms with Crippen LogP contribution in [0.2, 0.25) is 0 Å². The van der Waals surface area contributed by atoms with E-state index in [2.05, 4.69) is 5.32 Å². The van der Waals surface area contributed by atoms with Gasteiger partial charge in [-0.25, -0.2) is 4.79 Å². The lowest BCUT2D eigenvalue weighted by Gasteiger charge is -2.34. The van der Waals surface area contributed by atoms with Gasteiger partial charge in [0.25, 0.3) is 5.91 Å². The molecule has 2 atom stereocenters. The van der Waals surface area contributed by atoms with Crippen LogP contribution in [-0.2, 0) is 15.1 Å². The molecule has 2 unspecified atom stereocenters. The van der Waals surface area contributed by atoms with Crippen LogP contribution in [0.15, 0.2) is 24.3 Å². The van der Waals surface area contributed by atoms with Crippen LogP contribution in [0.1, 0.15) is 37.8 Å². The average molecular weight is 372 g/mol. The fourth-order valence-electron chi connectivity index (χ4n) is 3.83. The van der Waals surface area contributed by atoms with Gasteiger partial charge in [-0.15, -0.1) is 0 Å². The van der Waals surface area contributed by atoms with Crippen LogP contribution in [0.5, 0.6) is 0 Å². The molecule has 0 radical (unpaired) electrons. The van der Waals surface area contributed by atoms with Crippen molar-refractivity contribution in [1.82, 2.24) is 15.1 Å². The number of urea groups is 1. The van der Waals surface area contributed by atoms with Gasteiger partial charge in [0.2, 0.25) is 5.91 Å². The topological polar surface area (TPSA) is 95.7 Å². The third-order valence-corrected chi connectivity index (χ3v) is 5.83. The van der Waals surface area contributed by atoms with Crippen molar-refractivity contribution in [3.8, 4) is 0 Å². The highest BCUT2D eigenvalue weighted by Gasteiger charge is 2.49. The second-order valence-corrected chi connectivity index (χ2v) is 7.89. The number of likely N-dealkylation sites (tertiary alicyclic amines) is 1. The number of amides is 4. The van der Waals surface area contributed by atoms with E-state index in [1.165, 1.54) is 0 Å². The fraction of sp³-hybridized carbons (Fsp3) is 0.550. The number of rotatable bonds is 4. The Balaban J connectivity index is 1.67. The summed E-state index contributed by atoms with van der Waals surface area (Å²) in [7, 11) is 0. The van der Waals surface area contributed by atoms with Gasteiger partial charge in [-0.1, -0.05) is 29.8 Å². The van der Waals surface area contributed by atoms with Crippen molar-refractivity contribution in [2.45, 2.75) is 45.2 Å². The van der Waals surface area contributed by atoms with Crippen LogP contribution in [0.4, 0.5) is 4.79 Å². The number of piperidine rings is 1. The normalized spacial score (nSPS) is 24.9. The van der Waals surface area contributed by atoms with Gasteiger partial charge in [-0.3, -0.25) is 14.5 Å². The van der Waals surface area contributed by atoms with Gasteiger partial charge in [-0.05, 0) is 45.1 Å². The predicted molar refractivity (Wildman–Crippen MR) is 102 cm³/mol. The first-order chi connectivity index (χ1) is 12.7. The minimum atomic E-state index is -1.15. The van der Waals surface area contributed by atoms with Crippen LogP contribution in [0.3, 0.4) is 0 Å². The Hall–Kier alpha value is -2.41. The molecule has 146 valence electrons. The fourth-order valence-corrected chi connectivity index (χ4v) is 3.83. The van der Waals surface area contributed by atoms with E-state index in [0.717, 1.165) is 23.3 Å². The zero-order chi connectivity index (χ0) is 19.8. The Kier molecular flexibility index (Phi) is 5.24. The molecule has 7 nitrogen and oxygen atoms in total. The highest BCUT2D eigenvalue weighted by atomic mass is 16.2. The number of imide groups is 1. The van der Waals surface area contributed by atoms with Gasteiger partial charge in [0, 0.05) is 19.1 Å². The largest absolute Gasteiger partial charge is 0.341 e. The number of nitrogens with one attached hydrogen (secondary N) is 1. The maximum absolute atomic E-state index is 12.9. The third-order valence-electron chi connectivity index (χ3n) is 5.83. The van der Waals surface area contributed by atoms with E-state index >= 15 is 0 Å². The molecule has 7 heteroatoms. The predicted octanol–water partition coefficient (Wildman–Crippen LogP) is 1.35. The summed E-state index contributed by atoms with van der Waals surface area (Å²) in [5.74, 6) is -0.180. The highest BCUT2D eigenvalue weighted by Crippen LogP contribution is 2.29. The molecule has 3 rings (SSSR count).